The second-order valence-corrected chi connectivity index (χ2v) is 6.52. The molecule has 1 aliphatic heterocycles. The lowest BCUT2D eigenvalue weighted by Gasteiger charge is -2.13. The van der Waals surface area contributed by atoms with E-state index in [1.54, 1.807) is 17.0 Å². The third-order valence-corrected chi connectivity index (χ3v) is 4.53. The number of para-hydroxylation sites is 1. The summed E-state index contributed by atoms with van der Waals surface area (Å²) < 4.78 is 0.548. The zero-order chi connectivity index (χ0) is 14.8. The summed E-state index contributed by atoms with van der Waals surface area (Å²) in [6.07, 6.45) is 1.83. The van der Waals surface area contributed by atoms with E-state index in [1.165, 1.54) is 11.8 Å². The van der Waals surface area contributed by atoms with Gasteiger partial charge in [0.05, 0.1) is 10.6 Å². The summed E-state index contributed by atoms with van der Waals surface area (Å²) in [6.45, 7) is 0. The first-order valence-electron chi connectivity index (χ1n) is 6.24. The molecule has 0 unspecified atom stereocenters. The van der Waals surface area contributed by atoms with Crippen molar-refractivity contribution < 1.29 is 4.79 Å². The Balaban J connectivity index is 1.92. The zero-order valence-electron chi connectivity index (χ0n) is 10.8. The fraction of sp³-hybridized carbons (Fsp3) is 0. The van der Waals surface area contributed by atoms with Gasteiger partial charge in [0.25, 0.3) is 5.91 Å². The Labute approximate surface area is 137 Å². The van der Waals surface area contributed by atoms with Crippen LogP contribution in [0, 0.1) is 0 Å². The largest absolute Gasteiger partial charge is 0.270 e. The average molecular weight is 332 g/mol. The summed E-state index contributed by atoms with van der Waals surface area (Å²) in [6, 6.07) is 16.8. The summed E-state index contributed by atoms with van der Waals surface area (Å²) in [5, 5.41) is 0.670. The second-order valence-electron chi connectivity index (χ2n) is 4.40. The van der Waals surface area contributed by atoms with Gasteiger partial charge in [0, 0.05) is 5.02 Å². The maximum atomic E-state index is 12.5. The molecule has 2 aromatic carbocycles. The summed E-state index contributed by atoms with van der Waals surface area (Å²) in [5.41, 5.74) is 1.72. The highest BCUT2D eigenvalue weighted by Gasteiger charge is 2.33. The molecule has 104 valence electrons. The maximum absolute atomic E-state index is 12.5. The van der Waals surface area contributed by atoms with Crippen molar-refractivity contribution in [3.05, 3.63) is 70.1 Å². The molecule has 0 radical (unpaired) electrons. The van der Waals surface area contributed by atoms with E-state index in [9.17, 15) is 4.79 Å². The number of nitrogens with zero attached hydrogens (tertiary/aromatic N) is 1. The number of rotatable bonds is 2. The molecule has 3 rings (SSSR count). The van der Waals surface area contributed by atoms with Crippen LogP contribution in [0.25, 0.3) is 6.08 Å². The predicted molar refractivity (Wildman–Crippen MR) is 93.5 cm³/mol. The number of anilines is 1. The Morgan fingerprint density at radius 3 is 2.38 bits per heavy atom. The molecule has 2 aromatic rings. The van der Waals surface area contributed by atoms with Crippen molar-refractivity contribution in [3.63, 3.8) is 0 Å². The van der Waals surface area contributed by atoms with Gasteiger partial charge in [-0.1, -0.05) is 65.9 Å². The molecular formula is C16H10ClNOS2. The smallest absolute Gasteiger partial charge is 0.268 e. The normalized spacial score (nSPS) is 16.8. The van der Waals surface area contributed by atoms with Crippen molar-refractivity contribution in [3.8, 4) is 0 Å². The number of carbonyl (C=O) groups excluding carboxylic acids is 1. The van der Waals surface area contributed by atoms with Gasteiger partial charge in [-0.2, -0.15) is 0 Å². The van der Waals surface area contributed by atoms with Gasteiger partial charge >= 0.3 is 0 Å². The standard InChI is InChI=1S/C16H10ClNOS2/c17-12-8-6-11(7-9-12)10-14-15(19)18(16(20)21-14)13-4-2-1-3-5-13/h1-10H. The van der Waals surface area contributed by atoms with Gasteiger partial charge in [-0.25, -0.2) is 0 Å². The monoisotopic (exact) mass is 331 g/mol. The molecule has 0 N–H and O–H groups in total. The number of hydrogen-bond donors (Lipinski definition) is 0. The lowest BCUT2D eigenvalue weighted by atomic mass is 10.2. The molecule has 1 fully saturated rings. The van der Waals surface area contributed by atoms with Gasteiger partial charge in [0.15, 0.2) is 4.32 Å². The third-order valence-electron chi connectivity index (χ3n) is 2.98. The molecule has 0 aliphatic carbocycles. The first-order valence-corrected chi connectivity index (χ1v) is 7.84. The summed E-state index contributed by atoms with van der Waals surface area (Å²) in [4.78, 5) is 14.7. The Bertz CT molecular complexity index is 726. The van der Waals surface area contributed by atoms with E-state index in [0.717, 1.165) is 11.3 Å². The van der Waals surface area contributed by atoms with Crippen LogP contribution in [0.4, 0.5) is 5.69 Å². The van der Waals surface area contributed by atoms with E-state index in [0.29, 0.717) is 14.2 Å². The number of thioether (sulfide) groups is 1. The molecule has 0 saturated carbocycles. The molecular weight excluding hydrogens is 322 g/mol. The Morgan fingerprint density at radius 1 is 1.05 bits per heavy atom. The molecule has 1 amide bonds. The summed E-state index contributed by atoms with van der Waals surface area (Å²) in [7, 11) is 0. The maximum Gasteiger partial charge on any atom is 0.270 e. The Morgan fingerprint density at radius 2 is 1.71 bits per heavy atom. The van der Waals surface area contributed by atoms with Crippen molar-refractivity contribution >= 4 is 57.6 Å². The molecule has 1 saturated heterocycles. The highest BCUT2D eigenvalue weighted by atomic mass is 35.5. The van der Waals surface area contributed by atoms with Gasteiger partial charge < -0.3 is 0 Å². The summed E-state index contributed by atoms with van der Waals surface area (Å²) >= 11 is 12.5. The lowest BCUT2D eigenvalue weighted by Crippen LogP contribution is -2.27. The molecule has 1 heterocycles. The fourth-order valence-electron chi connectivity index (χ4n) is 1.98. The second kappa shape index (κ2) is 6.02. The van der Waals surface area contributed by atoms with Crippen molar-refractivity contribution in [1.29, 1.82) is 0 Å². The molecule has 21 heavy (non-hydrogen) atoms. The van der Waals surface area contributed by atoms with Crippen LogP contribution in [-0.2, 0) is 4.79 Å². The molecule has 1 aliphatic rings. The van der Waals surface area contributed by atoms with Crippen LogP contribution in [0.3, 0.4) is 0 Å². The fourth-order valence-corrected chi connectivity index (χ4v) is 3.40. The van der Waals surface area contributed by atoms with Gasteiger partial charge in [-0.15, -0.1) is 0 Å². The summed E-state index contributed by atoms with van der Waals surface area (Å²) in [5.74, 6) is -0.0915. The van der Waals surface area contributed by atoms with Crippen LogP contribution in [-0.4, -0.2) is 10.2 Å². The van der Waals surface area contributed by atoms with Crippen molar-refractivity contribution in [2.24, 2.45) is 0 Å². The van der Waals surface area contributed by atoms with Gasteiger partial charge in [-0.05, 0) is 35.9 Å². The number of halogens is 1. The SMILES string of the molecule is O=C1C(=Cc2ccc(Cl)cc2)SC(=S)N1c1ccccc1. The van der Waals surface area contributed by atoms with Crippen molar-refractivity contribution in [2.45, 2.75) is 0 Å². The van der Waals surface area contributed by atoms with E-state index in [4.69, 9.17) is 23.8 Å². The van der Waals surface area contributed by atoms with Crippen molar-refractivity contribution in [1.82, 2.24) is 0 Å². The zero-order valence-corrected chi connectivity index (χ0v) is 13.2. The minimum Gasteiger partial charge on any atom is -0.268 e. The number of hydrogen-bond acceptors (Lipinski definition) is 3. The Kier molecular flexibility index (Phi) is 4.10. The van der Waals surface area contributed by atoms with Crippen LogP contribution in [0.15, 0.2) is 59.5 Å². The van der Waals surface area contributed by atoms with Crippen LogP contribution in [0.5, 0.6) is 0 Å². The van der Waals surface area contributed by atoms with E-state index in [1.807, 2.05) is 48.5 Å². The third kappa shape index (κ3) is 3.02. The van der Waals surface area contributed by atoms with Crippen LogP contribution in [0.1, 0.15) is 5.56 Å². The minimum absolute atomic E-state index is 0.0915. The van der Waals surface area contributed by atoms with E-state index < -0.39 is 0 Å². The van der Waals surface area contributed by atoms with Crippen molar-refractivity contribution in [2.75, 3.05) is 4.90 Å². The van der Waals surface area contributed by atoms with Gasteiger partial charge in [0.1, 0.15) is 0 Å². The molecule has 0 spiro atoms. The number of amides is 1. The van der Waals surface area contributed by atoms with E-state index in [2.05, 4.69) is 0 Å². The minimum atomic E-state index is -0.0915. The van der Waals surface area contributed by atoms with E-state index >= 15 is 0 Å². The molecule has 0 aromatic heterocycles. The van der Waals surface area contributed by atoms with Gasteiger partial charge in [-0.3, -0.25) is 9.69 Å². The highest BCUT2D eigenvalue weighted by molar-refractivity contribution is 8.27. The molecule has 5 heteroatoms. The van der Waals surface area contributed by atoms with Gasteiger partial charge in [0.2, 0.25) is 0 Å². The van der Waals surface area contributed by atoms with Crippen LogP contribution >= 0.6 is 35.6 Å². The number of thiocarbonyl (C=S) groups is 1. The Hall–Kier alpha value is -1.62. The highest BCUT2D eigenvalue weighted by Crippen LogP contribution is 2.35. The van der Waals surface area contributed by atoms with Crippen LogP contribution in [0.2, 0.25) is 5.02 Å². The number of carbonyl (C=O) groups is 1. The predicted octanol–water partition coefficient (Wildman–Crippen LogP) is 4.75. The van der Waals surface area contributed by atoms with Crippen LogP contribution < -0.4 is 4.90 Å². The molecule has 0 atom stereocenters. The first kappa shape index (κ1) is 14.3. The molecule has 2 nitrogen and oxygen atoms in total. The lowest BCUT2D eigenvalue weighted by molar-refractivity contribution is -0.113. The topological polar surface area (TPSA) is 20.3 Å². The molecule has 0 bridgehead atoms. The average Bonchev–Trinajstić information content (AvgIpc) is 2.77. The quantitative estimate of drug-likeness (QED) is 0.585. The van der Waals surface area contributed by atoms with E-state index in [-0.39, 0.29) is 5.91 Å². The number of benzene rings is 2. The first-order chi connectivity index (χ1) is 10.1.